The zero-order chi connectivity index (χ0) is 14.4. The van der Waals surface area contributed by atoms with E-state index in [1.165, 1.54) is 5.56 Å². The zero-order valence-electron chi connectivity index (χ0n) is 11.7. The average Bonchev–Trinajstić information content (AvgIpc) is 2.48. The molecule has 0 bridgehead atoms. The highest BCUT2D eigenvalue weighted by Crippen LogP contribution is 2.24. The monoisotopic (exact) mass is 273 g/mol. The van der Waals surface area contributed by atoms with Gasteiger partial charge in [0.05, 0.1) is 19.4 Å². The van der Waals surface area contributed by atoms with Gasteiger partial charge in [0.1, 0.15) is 5.82 Å². The van der Waals surface area contributed by atoms with Crippen molar-refractivity contribution in [3.8, 4) is 5.88 Å². The van der Waals surface area contributed by atoms with Crippen LogP contribution in [0.4, 0.5) is 17.2 Å². The Morgan fingerprint density at radius 2 is 1.95 bits per heavy atom. The van der Waals surface area contributed by atoms with E-state index in [1.807, 2.05) is 24.3 Å². The predicted molar refractivity (Wildman–Crippen MR) is 80.5 cm³/mol. The third-order valence-electron chi connectivity index (χ3n) is 2.94. The maximum atomic E-state index is 5.76. The second kappa shape index (κ2) is 6.77. The number of rotatable bonds is 6. The molecular formula is C15H19N3O2. The SMILES string of the molecule is COCCc1ccccc1Nc1ccc(N)c(OC)n1. The van der Waals surface area contributed by atoms with Crippen LogP contribution in [0.5, 0.6) is 5.88 Å². The van der Waals surface area contributed by atoms with E-state index < -0.39 is 0 Å². The summed E-state index contributed by atoms with van der Waals surface area (Å²) in [6.07, 6.45) is 0.839. The molecule has 1 aromatic carbocycles. The van der Waals surface area contributed by atoms with E-state index in [0.29, 0.717) is 24.0 Å². The summed E-state index contributed by atoms with van der Waals surface area (Å²) in [5.41, 5.74) is 8.45. The van der Waals surface area contributed by atoms with Crippen molar-refractivity contribution in [2.45, 2.75) is 6.42 Å². The predicted octanol–water partition coefficient (Wildman–Crippen LogP) is 2.60. The van der Waals surface area contributed by atoms with Crippen molar-refractivity contribution in [1.82, 2.24) is 4.98 Å². The first-order valence-electron chi connectivity index (χ1n) is 6.39. The van der Waals surface area contributed by atoms with Gasteiger partial charge in [-0.15, -0.1) is 0 Å². The molecule has 2 aromatic rings. The zero-order valence-corrected chi connectivity index (χ0v) is 11.7. The standard InChI is InChI=1S/C15H19N3O2/c1-19-10-9-11-5-3-4-6-13(11)17-14-8-7-12(16)15(18-14)20-2/h3-8H,9-10,16H2,1-2H3,(H,17,18). The quantitative estimate of drug-likeness (QED) is 0.846. The summed E-state index contributed by atoms with van der Waals surface area (Å²) in [4.78, 5) is 4.32. The largest absolute Gasteiger partial charge is 0.479 e. The molecule has 0 unspecified atom stereocenters. The number of hydrogen-bond donors (Lipinski definition) is 2. The van der Waals surface area contributed by atoms with E-state index in [-0.39, 0.29) is 0 Å². The van der Waals surface area contributed by atoms with Gasteiger partial charge >= 0.3 is 0 Å². The lowest BCUT2D eigenvalue weighted by atomic mass is 10.1. The number of para-hydroxylation sites is 1. The minimum absolute atomic E-state index is 0.421. The molecule has 5 heteroatoms. The van der Waals surface area contributed by atoms with Gasteiger partial charge in [-0.1, -0.05) is 18.2 Å². The van der Waals surface area contributed by atoms with Crippen LogP contribution in [-0.4, -0.2) is 25.8 Å². The number of nitrogens with zero attached hydrogens (tertiary/aromatic N) is 1. The van der Waals surface area contributed by atoms with Crippen LogP contribution in [-0.2, 0) is 11.2 Å². The normalized spacial score (nSPS) is 10.3. The van der Waals surface area contributed by atoms with Crippen LogP contribution in [0, 0.1) is 0 Å². The van der Waals surface area contributed by atoms with Crippen molar-refractivity contribution in [3.05, 3.63) is 42.0 Å². The van der Waals surface area contributed by atoms with E-state index in [0.717, 1.165) is 12.1 Å². The molecule has 0 aliphatic heterocycles. The fourth-order valence-electron chi connectivity index (χ4n) is 1.89. The van der Waals surface area contributed by atoms with Crippen LogP contribution in [0.1, 0.15) is 5.56 Å². The van der Waals surface area contributed by atoms with Crippen molar-refractivity contribution in [2.24, 2.45) is 0 Å². The first-order chi connectivity index (χ1) is 9.74. The van der Waals surface area contributed by atoms with E-state index in [2.05, 4.69) is 16.4 Å². The highest BCUT2D eigenvalue weighted by Gasteiger charge is 2.06. The number of nitrogens with one attached hydrogen (secondary N) is 1. The summed E-state index contributed by atoms with van der Waals surface area (Å²) in [6, 6.07) is 11.7. The number of aromatic nitrogens is 1. The van der Waals surface area contributed by atoms with Crippen LogP contribution in [0.3, 0.4) is 0 Å². The first kappa shape index (κ1) is 14.1. The van der Waals surface area contributed by atoms with Gasteiger partial charge in [-0.25, -0.2) is 0 Å². The van der Waals surface area contributed by atoms with Crippen LogP contribution in [0.2, 0.25) is 0 Å². The molecule has 0 spiro atoms. The van der Waals surface area contributed by atoms with Crippen LogP contribution in [0.15, 0.2) is 36.4 Å². The van der Waals surface area contributed by atoms with E-state index in [1.54, 1.807) is 20.3 Å². The lowest BCUT2D eigenvalue weighted by Gasteiger charge is -2.12. The van der Waals surface area contributed by atoms with Gasteiger partial charge in [0.25, 0.3) is 0 Å². The molecule has 1 heterocycles. The third-order valence-corrected chi connectivity index (χ3v) is 2.94. The van der Waals surface area contributed by atoms with Gasteiger partial charge in [-0.2, -0.15) is 4.98 Å². The number of ether oxygens (including phenoxy) is 2. The van der Waals surface area contributed by atoms with Crippen LogP contribution >= 0.6 is 0 Å². The molecule has 0 saturated carbocycles. The second-order valence-electron chi connectivity index (χ2n) is 4.32. The molecule has 3 N–H and O–H groups in total. The topological polar surface area (TPSA) is 69.4 Å². The lowest BCUT2D eigenvalue weighted by Crippen LogP contribution is -2.02. The van der Waals surface area contributed by atoms with Gasteiger partial charge in [-0.3, -0.25) is 0 Å². The van der Waals surface area contributed by atoms with Crippen molar-refractivity contribution >= 4 is 17.2 Å². The van der Waals surface area contributed by atoms with Gasteiger partial charge in [0.2, 0.25) is 5.88 Å². The molecular weight excluding hydrogens is 254 g/mol. The Kier molecular flexibility index (Phi) is 4.79. The second-order valence-corrected chi connectivity index (χ2v) is 4.32. The molecule has 0 aliphatic carbocycles. The summed E-state index contributed by atoms with van der Waals surface area (Å²) in [7, 11) is 3.25. The molecule has 1 aromatic heterocycles. The number of pyridine rings is 1. The number of benzene rings is 1. The molecule has 20 heavy (non-hydrogen) atoms. The maximum absolute atomic E-state index is 5.76. The molecule has 0 aliphatic rings. The number of hydrogen-bond acceptors (Lipinski definition) is 5. The van der Waals surface area contributed by atoms with Crippen molar-refractivity contribution < 1.29 is 9.47 Å². The maximum Gasteiger partial charge on any atom is 0.238 e. The summed E-state index contributed by atoms with van der Waals surface area (Å²) in [5.74, 6) is 1.12. The highest BCUT2D eigenvalue weighted by molar-refractivity contribution is 5.63. The van der Waals surface area contributed by atoms with E-state index in [4.69, 9.17) is 15.2 Å². The Balaban J connectivity index is 2.21. The summed E-state index contributed by atoms with van der Waals surface area (Å²) in [5, 5.41) is 3.28. The Bertz CT molecular complexity index is 573. The summed E-state index contributed by atoms with van der Waals surface area (Å²) < 4.78 is 10.2. The molecule has 0 amide bonds. The number of nitrogen functional groups attached to an aromatic ring is 1. The Hall–Kier alpha value is -2.27. The first-order valence-corrected chi connectivity index (χ1v) is 6.39. The van der Waals surface area contributed by atoms with Gasteiger partial charge in [0, 0.05) is 12.8 Å². The molecule has 5 nitrogen and oxygen atoms in total. The smallest absolute Gasteiger partial charge is 0.238 e. The van der Waals surface area contributed by atoms with E-state index in [9.17, 15) is 0 Å². The Labute approximate surface area is 118 Å². The third kappa shape index (κ3) is 3.39. The minimum Gasteiger partial charge on any atom is -0.479 e. The van der Waals surface area contributed by atoms with Gasteiger partial charge in [0.15, 0.2) is 0 Å². The summed E-state index contributed by atoms with van der Waals surface area (Å²) >= 11 is 0. The van der Waals surface area contributed by atoms with Gasteiger partial charge < -0.3 is 20.5 Å². The number of methoxy groups -OCH3 is 2. The Morgan fingerprint density at radius 1 is 1.15 bits per heavy atom. The molecule has 2 rings (SSSR count). The van der Waals surface area contributed by atoms with Gasteiger partial charge in [-0.05, 0) is 30.2 Å². The van der Waals surface area contributed by atoms with Crippen LogP contribution < -0.4 is 15.8 Å². The average molecular weight is 273 g/mol. The van der Waals surface area contributed by atoms with E-state index >= 15 is 0 Å². The summed E-state index contributed by atoms with van der Waals surface area (Å²) in [6.45, 7) is 0.678. The molecule has 0 saturated heterocycles. The molecule has 0 fully saturated rings. The number of nitrogens with two attached hydrogens (primary N) is 1. The lowest BCUT2D eigenvalue weighted by molar-refractivity contribution is 0.202. The van der Waals surface area contributed by atoms with Crippen molar-refractivity contribution in [3.63, 3.8) is 0 Å². The molecule has 0 atom stereocenters. The van der Waals surface area contributed by atoms with Crippen LogP contribution in [0.25, 0.3) is 0 Å². The fourth-order valence-corrected chi connectivity index (χ4v) is 1.89. The van der Waals surface area contributed by atoms with Crippen molar-refractivity contribution in [1.29, 1.82) is 0 Å². The Morgan fingerprint density at radius 3 is 2.70 bits per heavy atom. The highest BCUT2D eigenvalue weighted by atomic mass is 16.5. The van der Waals surface area contributed by atoms with Crippen molar-refractivity contribution in [2.75, 3.05) is 31.9 Å². The fraction of sp³-hybridized carbons (Fsp3) is 0.267. The number of anilines is 3. The molecule has 0 radical (unpaired) electrons. The minimum atomic E-state index is 0.421. The molecule has 106 valence electrons.